The molecule has 1 aliphatic heterocycles. The number of nitrogens with zero attached hydrogens (tertiary/aromatic N) is 1. The molecule has 21 heavy (non-hydrogen) atoms. The smallest absolute Gasteiger partial charge is 0.249 e. The number of piperazine rings is 1. The van der Waals surface area contributed by atoms with Gasteiger partial charge in [-0.3, -0.25) is 9.59 Å². The lowest BCUT2D eigenvalue weighted by atomic mass is 9.78. The van der Waals surface area contributed by atoms with Gasteiger partial charge in [0.15, 0.2) is 0 Å². The first-order chi connectivity index (χ1) is 10.1. The molecule has 1 N–H and O–H groups in total. The lowest BCUT2D eigenvalue weighted by molar-refractivity contribution is -0.159. The van der Waals surface area contributed by atoms with E-state index in [9.17, 15) is 9.59 Å². The van der Waals surface area contributed by atoms with Gasteiger partial charge in [-0.2, -0.15) is 0 Å². The number of nitrogens with one attached hydrogen (secondary N) is 1. The Morgan fingerprint density at radius 1 is 1.29 bits per heavy atom. The topological polar surface area (TPSA) is 58.6 Å². The lowest BCUT2D eigenvalue weighted by Gasteiger charge is -2.48. The second-order valence-electron chi connectivity index (χ2n) is 6.92. The molecule has 1 saturated heterocycles. The van der Waals surface area contributed by atoms with E-state index in [0.717, 1.165) is 44.9 Å². The molecule has 2 amide bonds. The highest BCUT2D eigenvalue weighted by Crippen LogP contribution is 2.41. The van der Waals surface area contributed by atoms with E-state index < -0.39 is 5.54 Å². The molecule has 0 aromatic heterocycles. The van der Waals surface area contributed by atoms with Crippen molar-refractivity contribution >= 4 is 11.8 Å². The first kappa shape index (κ1) is 14.8. The predicted molar refractivity (Wildman–Crippen MR) is 78.7 cm³/mol. The first-order valence-corrected chi connectivity index (χ1v) is 8.23. The van der Waals surface area contributed by atoms with Crippen LogP contribution in [0.2, 0.25) is 0 Å². The Labute approximate surface area is 126 Å². The summed E-state index contributed by atoms with van der Waals surface area (Å²) in [5.74, 6) is 0.531. The highest BCUT2D eigenvalue weighted by atomic mass is 16.5. The average Bonchev–Trinajstić information content (AvgIpc) is 3.30. The number of amides is 2. The molecule has 2 aliphatic carbocycles. The van der Waals surface area contributed by atoms with Crippen molar-refractivity contribution in [2.45, 2.75) is 69.6 Å². The second kappa shape index (κ2) is 5.59. The molecule has 2 unspecified atom stereocenters. The molecule has 0 radical (unpaired) electrons. The molecule has 2 saturated carbocycles. The summed E-state index contributed by atoms with van der Waals surface area (Å²) in [7, 11) is 1.65. The summed E-state index contributed by atoms with van der Waals surface area (Å²) in [6, 6.07) is -0.275. The van der Waals surface area contributed by atoms with E-state index in [2.05, 4.69) is 5.32 Å². The monoisotopic (exact) mass is 294 g/mol. The minimum absolute atomic E-state index is 0.0401. The molecule has 0 bridgehead atoms. The largest absolute Gasteiger partial charge is 0.380 e. The van der Waals surface area contributed by atoms with Crippen molar-refractivity contribution in [3.63, 3.8) is 0 Å². The fraction of sp³-hybridized carbons (Fsp3) is 0.875. The zero-order chi connectivity index (χ0) is 15.0. The maximum atomic E-state index is 13.1. The van der Waals surface area contributed by atoms with Crippen molar-refractivity contribution in [3.05, 3.63) is 0 Å². The van der Waals surface area contributed by atoms with Crippen molar-refractivity contribution in [1.82, 2.24) is 10.2 Å². The van der Waals surface area contributed by atoms with Crippen LogP contribution >= 0.6 is 0 Å². The number of carbonyl (C=O) groups is 2. The third-order valence-electron chi connectivity index (χ3n) is 5.27. The van der Waals surface area contributed by atoms with E-state index >= 15 is 0 Å². The Morgan fingerprint density at radius 3 is 2.52 bits per heavy atom. The highest BCUT2D eigenvalue weighted by Gasteiger charge is 2.54. The van der Waals surface area contributed by atoms with E-state index in [1.54, 1.807) is 7.11 Å². The van der Waals surface area contributed by atoms with E-state index in [-0.39, 0.29) is 24.0 Å². The molecule has 118 valence electrons. The standard InChI is InChI=1S/C16H26N2O3/c1-11(21-2)10-18-13(12-6-7-12)14(19)17-16(15(18)20)8-4-3-5-9-16/h11-13H,3-10H2,1-2H3,(H,17,19). The fourth-order valence-corrected chi connectivity index (χ4v) is 3.83. The van der Waals surface area contributed by atoms with Crippen LogP contribution < -0.4 is 5.32 Å². The van der Waals surface area contributed by atoms with Crippen molar-refractivity contribution in [3.8, 4) is 0 Å². The quantitative estimate of drug-likeness (QED) is 0.854. The van der Waals surface area contributed by atoms with E-state index in [1.165, 1.54) is 0 Å². The van der Waals surface area contributed by atoms with Crippen LogP contribution in [0.25, 0.3) is 0 Å². The van der Waals surface area contributed by atoms with Gasteiger partial charge in [0.05, 0.1) is 6.10 Å². The Kier molecular flexibility index (Phi) is 3.95. The van der Waals surface area contributed by atoms with Gasteiger partial charge in [0.25, 0.3) is 0 Å². The molecule has 1 spiro atoms. The highest BCUT2D eigenvalue weighted by molar-refractivity contribution is 6.00. The molecule has 5 heteroatoms. The van der Waals surface area contributed by atoms with Crippen molar-refractivity contribution < 1.29 is 14.3 Å². The lowest BCUT2D eigenvalue weighted by Crippen LogP contribution is -2.71. The minimum atomic E-state index is -0.631. The molecule has 3 aliphatic rings. The Balaban J connectivity index is 1.85. The molecular formula is C16H26N2O3. The predicted octanol–water partition coefficient (Wildman–Crippen LogP) is 1.46. The second-order valence-corrected chi connectivity index (χ2v) is 6.92. The molecule has 2 atom stereocenters. The van der Waals surface area contributed by atoms with Crippen molar-refractivity contribution in [2.75, 3.05) is 13.7 Å². The van der Waals surface area contributed by atoms with Crippen LogP contribution in [0.15, 0.2) is 0 Å². The molecule has 3 fully saturated rings. The molecule has 3 rings (SSSR count). The summed E-state index contributed by atoms with van der Waals surface area (Å²) in [5, 5.41) is 3.10. The number of rotatable bonds is 4. The van der Waals surface area contributed by atoms with E-state index in [0.29, 0.717) is 12.5 Å². The van der Waals surface area contributed by atoms with Crippen LogP contribution in [-0.4, -0.2) is 48.1 Å². The Bertz CT molecular complexity index is 427. The van der Waals surface area contributed by atoms with Gasteiger partial charge in [0.2, 0.25) is 11.8 Å². The normalized spacial score (nSPS) is 30.4. The number of methoxy groups -OCH3 is 1. The van der Waals surface area contributed by atoms with Crippen LogP contribution in [-0.2, 0) is 14.3 Å². The van der Waals surface area contributed by atoms with Crippen LogP contribution in [0.5, 0.6) is 0 Å². The SMILES string of the molecule is COC(C)CN1C(=O)C2(CCCCC2)NC(=O)C1C1CC1. The molecule has 1 heterocycles. The van der Waals surface area contributed by atoms with Crippen LogP contribution in [0.1, 0.15) is 51.9 Å². The zero-order valence-electron chi connectivity index (χ0n) is 13.1. The van der Waals surface area contributed by atoms with Gasteiger partial charge in [-0.15, -0.1) is 0 Å². The zero-order valence-corrected chi connectivity index (χ0v) is 13.1. The van der Waals surface area contributed by atoms with Gasteiger partial charge in [-0.1, -0.05) is 19.3 Å². The summed E-state index contributed by atoms with van der Waals surface area (Å²) in [4.78, 5) is 27.6. The van der Waals surface area contributed by atoms with Gasteiger partial charge in [0, 0.05) is 13.7 Å². The fourth-order valence-electron chi connectivity index (χ4n) is 3.83. The van der Waals surface area contributed by atoms with Gasteiger partial charge in [-0.25, -0.2) is 0 Å². The van der Waals surface area contributed by atoms with Crippen LogP contribution in [0.3, 0.4) is 0 Å². The average molecular weight is 294 g/mol. The summed E-state index contributed by atoms with van der Waals surface area (Å²) < 4.78 is 5.34. The number of carbonyl (C=O) groups excluding carboxylic acids is 2. The summed E-state index contributed by atoms with van der Waals surface area (Å²) in [6.45, 7) is 2.48. The summed E-state index contributed by atoms with van der Waals surface area (Å²) in [6.07, 6.45) is 6.83. The molecule has 0 aromatic carbocycles. The number of ether oxygens (including phenoxy) is 1. The maximum Gasteiger partial charge on any atom is 0.249 e. The Hall–Kier alpha value is -1.10. The van der Waals surface area contributed by atoms with E-state index in [4.69, 9.17) is 4.74 Å². The van der Waals surface area contributed by atoms with Crippen LogP contribution in [0.4, 0.5) is 0 Å². The summed E-state index contributed by atoms with van der Waals surface area (Å²) >= 11 is 0. The molecular weight excluding hydrogens is 268 g/mol. The molecule has 5 nitrogen and oxygen atoms in total. The minimum Gasteiger partial charge on any atom is -0.380 e. The summed E-state index contributed by atoms with van der Waals surface area (Å²) in [5.41, 5.74) is -0.631. The van der Waals surface area contributed by atoms with Crippen LogP contribution in [0, 0.1) is 5.92 Å². The first-order valence-electron chi connectivity index (χ1n) is 8.23. The number of hydrogen-bond acceptors (Lipinski definition) is 3. The van der Waals surface area contributed by atoms with Gasteiger partial charge in [0.1, 0.15) is 11.6 Å². The maximum absolute atomic E-state index is 13.1. The third kappa shape index (κ3) is 2.68. The number of hydrogen-bond donors (Lipinski definition) is 1. The van der Waals surface area contributed by atoms with E-state index in [1.807, 2.05) is 11.8 Å². The third-order valence-corrected chi connectivity index (χ3v) is 5.27. The molecule has 0 aromatic rings. The van der Waals surface area contributed by atoms with Gasteiger partial charge in [-0.05, 0) is 38.5 Å². The Morgan fingerprint density at radius 2 is 1.95 bits per heavy atom. The van der Waals surface area contributed by atoms with Gasteiger partial charge < -0.3 is 15.0 Å². The van der Waals surface area contributed by atoms with Gasteiger partial charge >= 0.3 is 0 Å². The van der Waals surface area contributed by atoms with Crippen molar-refractivity contribution in [2.24, 2.45) is 5.92 Å². The van der Waals surface area contributed by atoms with Crippen molar-refractivity contribution in [1.29, 1.82) is 0 Å².